The molecule has 0 spiro atoms. The Morgan fingerprint density at radius 1 is 0.818 bits per heavy atom. The third-order valence-electron chi connectivity index (χ3n) is 11.9. The van der Waals surface area contributed by atoms with E-state index < -0.39 is 10.0 Å². The Balaban J connectivity index is 1.08. The minimum Gasteiger partial charge on any atom is -0.375 e. The van der Waals surface area contributed by atoms with E-state index in [0.717, 1.165) is 83.8 Å². The van der Waals surface area contributed by atoms with Crippen LogP contribution in [0.1, 0.15) is 109 Å². The number of rotatable bonds is 7. The Labute approximate surface area is 267 Å². The second kappa shape index (κ2) is 14.6. The van der Waals surface area contributed by atoms with E-state index in [0.29, 0.717) is 48.5 Å². The van der Waals surface area contributed by atoms with Crippen molar-refractivity contribution in [3.8, 4) is 11.8 Å². The average Bonchev–Trinajstić information content (AvgIpc) is 3.82. The lowest BCUT2D eigenvalue weighted by Crippen LogP contribution is -2.72. The van der Waals surface area contributed by atoms with Crippen molar-refractivity contribution in [2.24, 2.45) is 23.7 Å². The van der Waals surface area contributed by atoms with Crippen molar-refractivity contribution in [1.82, 2.24) is 19.4 Å². The lowest BCUT2D eigenvalue weighted by atomic mass is 9.65. The highest BCUT2D eigenvalue weighted by atomic mass is 32.2. The maximum atomic E-state index is 13.7. The SMILES string of the molecule is CN(C[C@@H]1[C@H](C2CCC(C#CC3CCCCC3)CC2)[C@@H]2CN(C(=O)NC3CCC(OC4CC4)CC3)CCCCN12)S(C)(=O)=O. The third-order valence-corrected chi connectivity index (χ3v) is 13.1. The minimum absolute atomic E-state index is 0.0931. The number of ether oxygens (including phenoxy) is 1. The minimum atomic E-state index is -3.25. The van der Waals surface area contributed by atoms with E-state index in [-0.39, 0.29) is 18.1 Å². The van der Waals surface area contributed by atoms with Crippen molar-refractivity contribution in [2.45, 2.75) is 139 Å². The molecule has 6 fully saturated rings. The van der Waals surface area contributed by atoms with E-state index in [1.54, 1.807) is 11.4 Å². The molecule has 0 bridgehead atoms. The van der Waals surface area contributed by atoms with Crippen LogP contribution in [-0.2, 0) is 14.8 Å². The summed E-state index contributed by atoms with van der Waals surface area (Å²) < 4.78 is 32.6. The van der Waals surface area contributed by atoms with Crippen molar-refractivity contribution in [1.29, 1.82) is 0 Å². The maximum Gasteiger partial charge on any atom is 0.317 e. The van der Waals surface area contributed by atoms with Crippen LogP contribution in [0.5, 0.6) is 0 Å². The zero-order chi connectivity index (χ0) is 30.7. The second-order valence-corrected chi connectivity index (χ2v) is 17.2. The molecule has 9 heteroatoms. The fourth-order valence-electron chi connectivity index (χ4n) is 8.97. The molecule has 2 heterocycles. The summed E-state index contributed by atoms with van der Waals surface area (Å²) in [5.41, 5.74) is 0. The summed E-state index contributed by atoms with van der Waals surface area (Å²) in [4.78, 5) is 18.3. The number of carbonyl (C=O) groups excluding carboxylic acids is 1. The van der Waals surface area contributed by atoms with Gasteiger partial charge >= 0.3 is 6.03 Å². The molecule has 0 aromatic heterocycles. The highest BCUT2D eigenvalue weighted by molar-refractivity contribution is 7.88. The molecule has 4 saturated carbocycles. The number of sulfonamides is 1. The molecule has 6 rings (SSSR count). The molecule has 0 unspecified atom stereocenters. The molecule has 0 aromatic carbocycles. The molecule has 0 aromatic rings. The summed E-state index contributed by atoms with van der Waals surface area (Å²) in [5.74, 6) is 9.42. The zero-order valence-electron chi connectivity index (χ0n) is 27.4. The van der Waals surface area contributed by atoms with E-state index in [1.165, 1.54) is 51.2 Å². The predicted octanol–water partition coefficient (Wildman–Crippen LogP) is 5.23. The number of carbonyl (C=O) groups is 1. The third kappa shape index (κ3) is 8.32. The number of nitrogens with zero attached hydrogens (tertiary/aromatic N) is 3. The fourth-order valence-corrected chi connectivity index (χ4v) is 9.39. The number of urea groups is 1. The van der Waals surface area contributed by atoms with Gasteiger partial charge in [0, 0.05) is 56.6 Å². The molecule has 1 N–H and O–H groups in total. The summed E-state index contributed by atoms with van der Waals surface area (Å²) in [6, 6.07) is 0.855. The van der Waals surface area contributed by atoms with Crippen molar-refractivity contribution in [3.05, 3.63) is 0 Å². The molecule has 3 atom stereocenters. The first-order valence-electron chi connectivity index (χ1n) is 18.1. The predicted molar refractivity (Wildman–Crippen MR) is 175 cm³/mol. The molecule has 44 heavy (non-hydrogen) atoms. The van der Waals surface area contributed by atoms with Crippen molar-refractivity contribution >= 4 is 16.1 Å². The van der Waals surface area contributed by atoms with Crippen LogP contribution < -0.4 is 5.32 Å². The van der Waals surface area contributed by atoms with Crippen molar-refractivity contribution in [3.63, 3.8) is 0 Å². The van der Waals surface area contributed by atoms with Gasteiger partial charge < -0.3 is 15.0 Å². The molecule has 2 aliphatic heterocycles. The van der Waals surface area contributed by atoms with E-state index in [4.69, 9.17) is 4.74 Å². The van der Waals surface area contributed by atoms with Crippen LogP contribution in [0.2, 0.25) is 0 Å². The number of hydrogen-bond donors (Lipinski definition) is 1. The molecule has 2 saturated heterocycles. The molecule has 6 aliphatic rings. The largest absolute Gasteiger partial charge is 0.375 e. The summed E-state index contributed by atoms with van der Waals surface area (Å²) in [6.07, 6.45) is 22.0. The number of nitrogens with one attached hydrogen (secondary N) is 1. The van der Waals surface area contributed by atoms with E-state index in [1.807, 2.05) is 0 Å². The number of fused-ring (bicyclic) bond motifs is 1. The van der Waals surface area contributed by atoms with Crippen LogP contribution in [-0.4, -0.2) is 98.4 Å². The van der Waals surface area contributed by atoms with Gasteiger partial charge in [0.25, 0.3) is 0 Å². The Hall–Kier alpha value is -1.34. The molecule has 248 valence electrons. The lowest BCUT2D eigenvalue weighted by molar-refractivity contribution is -0.110. The van der Waals surface area contributed by atoms with Gasteiger partial charge in [-0.1, -0.05) is 31.1 Å². The Bertz CT molecular complexity index is 1130. The van der Waals surface area contributed by atoms with Crippen LogP contribution in [0.4, 0.5) is 4.79 Å². The van der Waals surface area contributed by atoms with Gasteiger partial charge in [-0.2, -0.15) is 0 Å². The van der Waals surface area contributed by atoms with E-state index >= 15 is 0 Å². The van der Waals surface area contributed by atoms with E-state index in [2.05, 4.69) is 27.0 Å². The smallest absolute Gasteiger partial charge is 0.317 e. The van der Waals surface area contributed by atoms with E-state index in [9.17, 15) is 13.2 Å². The topological polar surface area (TPSA) is 82.2 Å². The van der Waals surface area contributed by atoms with Gasteiger partial charge in [-0.15, -0.1) is 0 Å². The van der Waals surface area contributed by atoms with Gasteiger partial charge in [0.1, 0.15) is 0 Å². The standard InChI is InChI=1S/C35H58N4O4S/c1-37(44(2,41)42)24-32-34(28-14-12-27(13-15-28)11-10-26-8-4-3-5-9-26)33-25-38(22-6-7-23-39(32)33)35(40)36-29-16-18-30(19-17-29)43-31-20-21-31/h26-34H,3-9,12-25H2,1-2H3,(H,36,40)/t27?,28?,29?,30?,32-,33+,34+/m1/s1. The van der Waals surface area contributed by atoms with Gasteiger partial charge in [-0.05, 0) is 108 Å². The molecule has 8 nitrogen and oxygen atoms in total. The molecule has 4 aliphatic carbocycles. The number of amides is 2. The van der Waals surface area contributed by atoms with Crippen molar-refractivity contribution in [2.75, 3.05) is 39.5 Å². The first-order chi connectivity index (χ1) is 21.2. The molecular weight excluding hydrogens is 572 g/mol. The van der Waals surface area contributed by atoms with Crippen LogP contribution in [0, 0.1) is 35.5 Å². The lowest BCUT2D eigenvalue weighted by Gasteiger charge is -2.61. The highest BCUT2D eigenvalue weighted by Crippen LogP contribution is 2.46. The van der Waals surface area contributed by atoms with Crippen LogP contribution >= 0.6 is 0 Å². The first kappa shape index (κ1) is 32.6. The van der Waals surface area contributed by atoms with Gasteiger partial charge in [0.05, 0.1) is 18.5 Å². The van der Waals surface area contributed by atoms with Gasteiger partial charge in [-0.25, -0.2) is 17.5 Å². The highest BCUT2D eigenvalue weighted by Gasteiger charge is 2.53. The monoisotopic (exact) mass is 630 g/mol. The summed E-state index contributed by atoms with van der Waals surface area (Å²) in [5, 5.41) is 3.40. The normalized spacial score (nSPS) is 35.9. The van der Waals surface area contributed by atoms with Crippen LogP contribution in [0.3, 0.4) is 0 Å². The molecule has 0 radical (unpaired) electrons. The Morgan fingerprint density at radius 3 is 2.07 bits per heavy atom. The molecular formula is C35H58N4O4S. The summed E-state index contributed by atoms with van der Waals surface area (Å²) in [7, 11) is -1.52. The first-order valence-corrected chi connectivity index (χ1v) is 20.0. The second-order valence-electron chi connectivity index (χ2n) is 15.1. The number of likely N-dealkylation sites (N-methyl/N-ethyl adjacent to an activating group) is 1. The van der Waals surface area contributed by atoms with Gasteiger partial charge in [-0.3, -0.25) is 4.90 Å². The quantitative estimate of drug-likeness (QED) is 0.390. The van der Waals surface area contributed by atoms with Crippen LogP contribution in [0.25, 0.3) is 0 Å². The average molecular weight is 631 g/mol. The fraction of sp³-hybridized carbons (Fsp3) is 0.914. The molecule has 2 amide bonds. The van der Waals surface area contributed by atoms with Crippen molar-refractivity contribution < 1.29 is 17.9 Å². The zero-order valence-corrected chi connectivity index (χ0v) is 28.2. The Kier molecular flexibility index (Phi) is 10.8. The maximum absolute atomic E-state index is 13.7. The number of hydrogen-bond acceptors (Lipinski definition) is 5. The van der Waals surface area contributed by atoms with Crippen LogP contribution in [0.15, 0.2) is 0 Å². The summed E-state index contributed by atoms with van der Waals surface area (Å²) in [6.45, 7) is 3.09. The van der Waals surface area contributed by atoms with Gasteiger partial charge in [0.2, 0.25) is 10.0 Å². The summed E-state index contributed by atoms with van der Waals surface area (Å²) >= 11 is 0. The Morgan fingerprint density at radius 2 is 1.43 bits per heavy atom. The van der Waals surface area contributed by atoms with Gasteiger partial charge in [0.15, 0.2) is 0 Å².